The lowest BCUT2D eigenvalue weighted by atomic mass is 10.1. The molecule has 23 heteroatoms. The summed E-state index contributed by atoms with van der Waals surface area (Å²) in [4.78, 5) is 11.2. The average molecular weight is 1080 g/mol. The maximum absolute atomic E-state index is 11.2. The molecule has 3 aromatic rings. The first kappa shape index (κ1) is 49.1. The van der Waals surface area contributed by atoms with Gasteiger partial charge in [0.15, 0.2) is 0 Å². The van der Waals surface area contributed by atoms with Gasteiger partial charge in [0, 0.05) is 20.2 Å². The Morgan fingerprint density at radius 1 is 0.935 bits per heavy atom. The largest absolute Gasteiger partial charge is 0.469 e. The van der Waals surface area contributed by atoms with E-state index in [9.17, 15) is 4.79 Å². The molecule has 254 valence electrons. The van der Waals surface area contributed by atoms with Crippen molar-refractivity contribution in [2.24, 2.45) is 5.92 Å². The van der Waals surface area contributed by atoms with Crippen LogP contribution in [0, 0.1) is 18.3 Å². The van der Waals surface area contributed by atoms with E-state index in [-0.39, 0.29) is 60.8 Å². The number of esters is 1. The Kier molecular flexibility index (Phi) is 28.6. The third-order valence-electron chi connectivity index (χ3n) is 5.46. The minimum absolute atomic E-state index is 0.0635. The Bertz CT molecular complexity index is 1380. The molecule has 0 saturated heterocycles. The maximum Gasteiger partial charge on any atom is 0.309 e. The molecule has 1 fully saturated rings. The molecular weight excluding hydrogens is 1050 g/mol. The van der Waals surface area contributed by atoms with E-state index in [1.807, 2.05) is 41.8 Å². The lowest BCUT2D eigenvalue weighted by Crippen LogP contribution is -2.03. The van der Waals surface area contributed by atoms with E-state index in [2.05, 4.69) is 130 Å². The molecule has 2 N–H and O–H groups in total. The zero-order chi connectivity index (χ0) is 35.1. The first-order valence-electron chi connectivity index (χ1n) is 12.4. The summed E-state index contributed by atoms with van der Waals surface area (Å²) in [6.45, 7) is 0.740. The molecule has 0 aliphatic heterocycles. The summed E-state index contributed by atoms with van der Waals surface area (Å²) >= 11 is 13.8. The fourth-order valence-corrected chi connectivity index (χ4v) is 169. The van der Waals surface area contributed by atoms with Gasteiger partial charge in [-0.2, -0.15) is 0 Å². The van der Waals surface area contributed by atoms with Crippen molar-refractivity contribution in [3.05, 3.63) is 84.4 Å². The maximum atomic E-state index is 11.2. The normalized spacial score (nSPS) is 16.4. The summed E-state index contributed by atoms with van der Waals surface area (Å²) < 4.78 is 7.57. The van der Waals surface area contributed by atoms with Crippen LogP contribution in [0.3, 0.4) is 0 Å². The van der Waals surface area contributed by atoms with Gasteiger partial charge in [0.1, 0.15) is 4.34 Å². The van der Waals surface area contributed by atoms with Gasteiger partial charge in [-0.05, 0) is 118 Å². The van der Waals surface area contributed by atoms with Crippen LogP contribution in [0.25, 0.3) is 0 Å². The van der Waals surface area contributed by atoms with Crippen molar-refractivity contribution in [2.45, 2.75) is 12.3 Å². The Morgan fingerprint density at radius 3 is 1.89 bits per heavy atom. The fourth-order valence-electron chi connectivity index (χ4n) is 3.29. The monoisotopic (exact) mass is 1080 g/mol. The van der Waals surface area contributed by atoms with E-state index in [4.69, 9.17) is 28.5 Å². The number of ether oxygens (including phenoxy) is 1. The van der Waals surface area contributed by atoms with E-state index in [1.165, 1.54) is 24.0 Å². The topological polar surface area (TPSA) is 52.3 Å². The lowest BCUT2D eigenvalue weighted by molar-refractivity contribution is -0.142. The predicted octanol–water partition coefficient (Wildman–Crippen LogP) is 16.1. The molecule has 4 rings (SSSR count). The molecule has 0 bridgehead atoms. The second-order valence-electron chi connectivity index (χ2n) is 8.68. The minimum Gasteiger partial charge on any atom is -0.469 e. The summed E-state index contributed by atoms with van der Waals surface area (Å²) in [7, 11) is 29.2. The second-order valence-corrected chi connectivity index (χ2v) is 73.8. The van der Waals surface area contributed by atoms with Crippen molar-refractivity contribution in [1.29, 1.82) is 0 Å². The third-order valence-corrected chi connectivity index (χ3v) is 104. The van der Waals surface area contributed by atoms with Crippen LogP contribution in [0.1, 0.15) is 23.5 Å². The van der Waals surface area contributed by atoms with Gasteiger partial charge in [-0.25, -0.2) is 0 Å². The van der Waals surface area contributed by atoms with Gasteiger partial charge in [0.05, 0.1) is 13.0 Å². The third kappa shape index (κ3) is 18.6. The predicted molar refractivity (Wildman–Crippen MR) is 269 cm³/mol. The number of thiophene rings is 1. The number of methoxy groups -OCH3 is 1. The minimum atomic E-state index is -0.0880. The van der Waals surface area contributed by atoms with E-state index >= 15 is 0 Å². The highest BCUT2D eigenvalue weighted by Crippen LogP contribution is 3.24. The zero-order valence-corrected chi connectivity index (χ0v) is 45.9. The zero-order valence-electron chi connectivity index (χ0n) is 24.5. The van der Waals surface area contributed by atoms with Crippen LogP contribution in [0.5, 0.6) is 0 Å². The number of carbonyl (C=O) groups excluding carboxylic acids is 1. The molecule has 0 amide bonds. The number of benzene rings is 2. The number of nitrogens with two attached hydrogens (primary N) is 1. The van der Waals surface area contributed by atoms with E-state index < -0.39 is 0 Å². The van der Waals surface area contributed by atoms with E-state index in [1.54, 1.807) is 6.07 Å². The molecule has 13 atom stereocenters. The smallest absolute Gasteiger partial charge is 0.309 e. The number of carbonyl (C=O) groups is 1. The molecule has 1 saturated carbocycles. The van der Waals surface area contributed by atoms with Crippen LogP contribution in [-0.4, -0.2) is 13.1 Å². The SMILES string of the molecule is C#Cc1ccccc1N.COC(=O)C1CC1c1cccc(Br)c1.Clc1sccc1Br.PP(P)P(P)P(P(P)P)P(P(P)P)P(P)P. The van der Waals surface area contributed by atoms with Crippen LogP contribution in [-0.2, 0) is 9.53 Å². The number of nitrogen functional groups attached to an aromatic ring is 1. The number of rotatable bonds is 8. The standard InChI is InChI=1S/C11H11BrO2.C8H7N.C4H2BrClS.H18P16/c1-14-11(13)10-6-9(10)7-3-2-4-8(12)5-7;1-2-7-5-3-4-6-8(7)9;5-3-1-2-7-4(3)6;1-10(2)14(9)16(13(7)8)15(11(3)4)12(5)6/h2-5,9-10H,6H2,1H3;1,3-6H,9H2;1-2H;1-9H2. The molecule has 1 heterocycles. The average Bonchev–Trinajstić information content (AvgIpc) is 3.72. The van der Waals surface area contributed by atoms with E-state index in [0.717, 1.165) is 25.3 Å². The molecule has 13 unspecified atom stereocenters. The van der Waals surface area contributed by atoms with Crippen molar-refractivity contribution in [3.63, 3.8) is 0 Å². The van der Waals surface area contributed by atoms with Gasteiger partial charge < -0.3 is 10.5 Å². The number of hydrogen-bond donors (Lipinski definition) is 1. The molecule has 0 radical (unpaired) electrons. The highest BCUT2D eigenvalue weighted by atomic mass is 79.9. The van der Waals surface area contributed by atoms with Crippen LogP contribution in [0.2, 0.25) is 4.34 Å². The van der Waals surface area contributed by atoms with Crippen molar-refractivity contribution in [1.82, 2.24) is 0 Å². The Labute approximate surface area is 329 Å². The number of halogens is 3. The number of para-hydroxylation sites is 1. The molecule has 3 nitrogen and oxygen atoms in total. The fraction of sp³-hybridized carbons (Fsp3) is 0.174. The molecule has 0 spiro atoms. The summed E-state index contributed by atoms with van der Waals surface area (Å²) in [6.07, 6.45) is 6.04. The quantitative estimate of drug-likeness (QED) is 0.106. The van der Waals surface area contributed by atoms with Gasteiger partial charge >= 0.3 is 5.97 Å². The highest BCUT2D eigenvalue weighted by Gasteiger charge is 2.44. The molecule has 46 heavy (non-hydrogen) atoms. The molecule has 1 aromatic heterocycles. The lowest BCUT2D eigenvalue weighted by Gasteiger charge is -2.40. The van der Waals surface area contributed by atoms with Gasteiger partial charge in [0.2, 0.25) is 0 Å². The summed E-state index contributed by atoms with van der Waals surface area (Å²) in [5.74, 6) is 2.82. The first-order chi connectivity index (χ1) is 21.6. The van der Waals surface area contributed by atoms with Crippen molar-refractivity contribution < 1.29 is 9.53 Å². The number of anilines is 1. The first-order valence-corrected chi connectivity index (χ1v) is 43.5. The van der Waals surface area contributed by atoms with Gasteiger partial charge in [-0.3, -0.25) is 4.79 Å². The number of terminal acetylenes is 1. The van der Waals surface area contributed by atoms with Gasteiger partial charge in [-0.1, -0.05) is 57.7 Å². The van der Waals surface area contributed by atoms with Crippen LogP contribution in [0.15, 0.2) is 68.9 Å². The van der Waals surface area contributed by atoms with Crippen molar-refractivity contribution >= 4 is 196 Å². The van der Waals surface area contributed by atoms with Gasteiger partial charge in [-0.15, -0.1) is 98.1 Å². The molecular formula is C23H38Br2ClNO2P16S. The van der Waals surface area contributed by atoms with Crippen LogP contribution in [0.4, 0.5) is 5.69 Å². The van der Waals surface area contributed by atoms with Crippen molar-refractivity contribution in [3.8, 4) is 12.3 Å². The highest BCUT2D eigenvalue weighted by molar-refractivity contribution is 9.30. The van der Waals surface area contributed by atoms with E-state index in [0.29, 0.717) is 11.6 Å². The summed E-state index contributed by atoms with van der Waals surface area (Å²) in [5.41, 5.74) is 8.13. The second kappa shape index (κ2) is 26.8. The Hall–Kier alpha value is 5.10. The summed E-state index contributed by atoms with van der Waals surface area (Å²) in [5, 5.41) is 1.94. The van der Waals surface area contributed by atoms with Crippen LogP contribution >= 0.6 is 184 Å². The van der Waals surface area contributed by atoms with Crippen molar-refractivity contribution in [2.75, 3.05) is 12.8 Å². The van der Waals surface area contributed by atoms with Gasteiger partial charge in [0.25, 0.3) is 0 Å². The number of hydrogen-bond acceptors (Lipinski definition) is 4. The molecule has 2 aromatic carbocycles. The molecule has 1 aliphatic carbocycles. The Balaban J connectivity index is 0.000000320. The van der Waals surface area contributed by atoms with Crippen LogP contribution < -0.4 is 5.73 Å². The molecule has 1 aliphatic rings. The summed E-state index contributed by atoms with van der Waals surface area (Å²) in [6, 6.07) is 17.3. The Morgan fingerprint density at radius 2 is 1.52 bits per heavy atom.